The van der Waals surface area contributed by atoms with Gasteiger partial charge in [-0.05, 0) is 42.7 Å². The minimum absolute atomic E-state index is 0.0536. The van der Waals surface area contributed by atoms with Gasteiger partial charge < -0.3 is 15.1 Å². The summed E-state index contributed by atoms with van der Waals surface area (Å²) in [5.74, 6) is 0.113. The molecular formula is C18H19ClN2O3. The minimum Gasteiger partial charge on any atom is -0.467 e. The number of carbonyl (C=O) groups is 2. The molecule has 1 aromatic carbocycles. The molecule has 1 aromatic heterocycles. The predicted molar refractivity (Wildman–Crippen MR) is 90.3 cm³/mol. The smallest absolute Gasteiger partial charge is 0.224 e. The Morgan fingerprint density at radius 3 is 2.46 bits per heavy atom. The van der Waals surface area contributed by atoms with Crippen molar-refractivity contribution in [3.63, 3.8) is 0 Å². The maximum Gasteiger partial charge on any atom is 0.224 e. The lowest BCUT2D eigenvalue weighted by Gasteiger charge is -2.06. The van der Waals surface area contributed by atoms with E-state index in [0.717, 1.165) is 12.0 Å². The Bertz CT molecular complexity index is 698. The Kier molecular flexibility index (Phi) is 5.20. The molecule has 1 aliphatic carbocycles. The van der Waals surface area contributed by atoms with Crippen LogP contribution in [0, 0.1) is 11.8 Å². The quantitative estimate of drug-likeness (QED) is 0.809. The van der Waals surface area contributed by atoms with Crippen molar-refractivity contribution < 1.29 is 14.0 Å². The van der Waals surface area contributed by atoms with Crippen LogP contribution in [0.15, 0.2) is 47.1 Å². The molecule has 1 aliphatic rings. The summed E-state index contributed by atoms with van der Waals surface area (Å²) >= 11 is 5.84. The van der Waals surface area contributed by atoms with Crippen molar-refractivity contribution in [3.05, 3.63) is 59.0 Å². The first-order chi connectivity index (χ1) is 11.6. The number of rotatable bonds is 7. The highest BCUT2D eigenvalue weighted by Gasteiger charge is 2.47. The van der Waals surface area contributed by atoms with E-state index in [9.17, 15) is 9.59 Å². The third-order valence-electron chi connectivity index (χ3n) is 4.11. The first kappa shape index (κ1) is 16.6. The molecule has 2 unspecified atom stereocenters. The van der Waals surface area contributed by atoms with Crippen molar-refractivity contribution in [2.45, 2.75) is 19.4 Å². The lowest BCUT2D eigenvalue weighted by Crippen LogP contribution is -2.31. The predicted octanol–water partition coefficient (Wildman–Crippen LogP) is 2.54. The van der Waals surface area contributed by atoms with E-state index in [1.807, 2.05) is 24.3 Å². The van der Waals surface area contributed by atoms with Gasteiger partial charge in [0.15, 0.2) is 0 Å². The summed E-state index contributed by atoms with van der Waals surface area (Å²) in [4.78, 5) is 24.1. The molecule has 3 rings (SSSR count). The van der Waals surface area contributed by atoms with Gasteiger partial charge in [-0.2, -0.15) is 0 Å². The van der Waals surface area contributed by atoms with Crippen LogP contribution in [0.3, 0.4) is 0 Å². The molecule has 2 aromatic rings. The summed E-state index contributed by atoms with van der Waals surface area (Å²) in [6, 6.07) is 11.1. The molecule has 5 nitrogen and oxygen atoms in total. The Morgan fingerprint density at radius 2 is 1.79 bits per heavy atom. The maximum atomic E-state index is 12.1. The number of halogens is 1. The van der Waals surface area contributed by atoms with Gasteiger partial charge in [0.05, 0.1) is 24.6 Å². The minimum atomic E-state index is -0.226. The van der Waals surface area contributed by atoms with Crippen LogP contribution in [0.1, 0.15) is 17.7 Å². The summed E-state index contributed by atoms with van der Waals surface area (Å²) < 4.78 is 5.16. The van der Waals surface area contributed by atoms with E-state index < -0.39 is 0 Å². The van der Waals surface area contributed by atoms with Crippen LogP contribution < -0.4 is 10.6 Å². The molecular weight excluding hydrogens is 328 g/mol. The third kappa shape index (κ3) is 4.38. The van der Waals surface area contributed by atoms with E-state index in [1.165, 1.54) is 0 Å². The molecule has 0 saturated heterocycles. The molecule has 1 heterocycles. The van der Waals surface area contributed by atoms with Gasteiger partial charge in [0, 0.05) is 11.6 Å². The number of nitrogens with one attached hydrogen (secondary N) is 2. The molecule has 24 heavy (non-hydrogen) atoms. The highest BCUT2D eigenvalue weighted by molar-refractivity contribution is 6.30. The molecule has 2 amide bonds. The number of amides is 2. The lowest BCUT2D eigenvalue weighted by atomic mass is 10.1. The summed E-state index contributed by atoms with van der Waals surface area (Å²) in [5.41, 5.74) is 1.11. The number of carbonyl (C=O) groups excluding carboxylic acids is 2. The van der Waals surface area contributed by atoms with Crippen LogP contribution in [0.5, 0.6) is 0 Å². The number of benzene rings is 1. The summed E-state index contributed by atoms with van der Waals surface area (Å²) in [5, 5.41) is 6.38. The number of hydrogen-bond donors (Lipinski definition) is 2. The second-order valence-electron chi connectivity index (χ2n) is 5.91. The molecule has 1 saturated carbocycles. The third-order valence-corrected chi connectivity index (χ3v) is 4.36. The molecule has 0 bridgehead atoms. The van der Waals surface area contributed by atoms with Gasteiger partial charge in [-0.25, -0.2) is 0 Å². The standard InChI is InChI=1S/C18H19ClN2O3/c19-13-5-3-12(4-6-13)7-8-20-17(22)15-10-16(15)18(23)21-11-14-2-1-9-24-14/h1-6,9,15-16H,7-8,10-11H2,(H,20,22)(H,21,23). The first-order valence-electron chi connectivity index (χ1n) is 7.96. The van der Waals surface area contributed by atoms with Gasteiger partial charge in [0.25, 0.3) is 0 Å². The SMILES string of the molecule is O=C(NCCc1ccc(Cl)cc1)C1CC1C(=O)NCc1ccco1. The molecule has 2 N–H and O–H groups in total. The van der Waals surface area contributed by atoms with Crippen LogP contribution in [-0.4, -0.2) is 18.4 Å². The van der Waals surface area contributed by atoms with Crippen LogP contribution in [0.2, 0.25) is 5.02 Å². The van der Waals surface area contributed by atoms with Gasteiger partial charge in [-0.15, -0.1) is 0 Å². The van der Waals surface area contributed by atoms with Crippen molar-refractivity contribution in [1.29, 1.82) is 0 Å². The topological polar surface area (TPSA) is 71.3 Å². The summed E-state index contributed by atoms with van der Waals surface area (Å²) in [6.45, 7) is 0.908. The Balaban J connectivity index is 1.36. The highest BCUT2D eigenvalue weighted by atomic mass is 35.5. The Labute approximate surface area is 145 Å². The molecule has 0 radical (unpaired) electrons. The normalized spacial score (nSPS) is 18.9. The molecule has 6 heteroatoms. The lowest BCUT2D eigenvalue weighted by molar-refractivity contribution is -0.127. The van der Waals surface area contributed by atoms with E-state index in [-0.39, 0.29) is 23.7 Å². The molecule has 126 valence electrons. The zero-order valence-electron chi connectivity index (χ0n) is 13.1. The van der Waals surface area contributed by atoms with E-state index in [0.29, 0.717) is 30.3 Å². The van der Waals surface area contributed by atoms with Crippen LogP contribution in [-0.2, 0) is 22.6 Å². The van der Waals surface area contributed by atoms with Crippen molar-refractivity contribution in [3.8, 4) is 0 Å². The summed E-state index contributed by atoms with van der Waals surface area (Å²) in [7, 11) is 0. The zero-order chi connectivity index (χ0) is 16.9. The fourth-order valence-corrected chi connectivity index (χ4v) is 2.73. The monoisotopic (exact) mass is 346 g/mol. The maximum absolute atomic E-state index is 12.1. The van der Waals surface area contributed by atoms with E-state index in [2.05, 4.69) is 10.6 Å². The highest BCUT2D eigenvalue weighted by Crippen LogP contribution is 2.38. The van der Waals surface area contributed by atoms with Crippen molar-refractivity contribution in [2.75, 3.05) is 6.54 Å². The largest absolute Gasteiger partial charge is 0.467 e. The van der Waals surface area contributed by atoms with Gasteiger partial charge in [-0.1, -0.05) is 23.7 Å². The van der Waals surface area contributed by atoms with E-state index in [4.69, 9.17) is 16.0 Å². The molecule has 0 aliphatic heterocycles. The number of furan rings is 1. The Hall–Kier alpha value is -2.27. The van der Waals surface area contributed by atoms with Crippen molar-refractivity contribution in [1.82, 2.24) is 10.6 Å². The second kappa shape index (κ2) is 7.53. The van der Waals surface area contributed by atoms with Gasteiger partial charge in [0.2, 0.25) is 11.8 Å². The average Bonchev–Trinajstić information content (AvgIpc) is 3.22. The summed E-state index contributed by atoms with van der Waals surface area (Å²) in [6.07, 6.45) is 2.91. The van der Waals surface area contributed by atoms with Crippen LogP contribution in [0.4, 0.5) is 0 Å². The van der Waals surface area contributed by atoms with Gasteiger partial charge in [-0.3, -0.25) is 9.59 Å². The zero-order valence-corrected chi connectivity index (χ0v) is 13.9. The Morgan fingerprint density at radius 1 is 1.08 bits per heavy atom. The molecule has 1 fully saturated rings. The molecule has 2 atom stereocenters. The first-order valence-corrected chi connectivity index (χ1v) is 8.33. The van der Waals surface area contributed by atoms with E-state index >= 15 is 0 Å². The fraction of sp³-hybridized carbons (Fsp3) is 0.333. The van der Waals surface area contributed by atoms with Crippen molar-refractivity contribution in [2.24, 2.45) is 11.8 Å². The fourth-order valence-electron chi connectivity index (χ4n) is 2.61. The van der Waals surface area contributed by atoms with Gasteiger partial charge in [0.1, 0.15) is 5.76 Å². The van der Waals surface area contributed by atoms with Crippen molar-refractivity contribution >= 4 is 23.4 Å². The van der Waals surface area contributed by atoms with Gasteiger partial charge >= 0.3 is 0 Å². The van der Waals surface area contributed by atoms with E-state index in [1.54, 1.807) is 18.4 Å². The average molecular weight is 347 g/mol. The van der Waals surface area contributed by atoms with Crippen LogP contribution >= 0.6 is 11.6 Å². The number of hydrogen-bond acceptors (Lipinski definition) is 3. The molecule has 0 spiro atoms. The second-order valence-corrected chi connectivity index (χ2v) is 6.35. The van der Waals surface area contributed by atoms with Crippen LogP contribution in [0.25, 0.3) is 0 Å².